The van der Waals surface area contributed by atoms with Crippen molar-refractivity contribution in [2.75, 3.05) is 6.54 Å². The third-order valence-corrected chi connectivity index (χ3v) is 4.52. The maximum atomic E-state index is 12.0. The molecule has 0 aromatic heterocycles. The molecule has 0 aliphatic heterocycles. The number of nitrogens with one attached hydrogen (secondary N) is 1. The summed E-state index contributed by atoms with van der Waals surface area (Å²) in [6, 6.07) is 0. The van der Waals surface area contributed by atoms with Gasteiger partial charge in [0.2, 0.25) is 5.91 Å². The first-order chi connectivity index (χ1) is 8.11. The second-order valence-corrected chi connectivity index (χ2v) is 5.69. The van der Waals surface area contributed by atoms with E-state index in [0.29, 0.717) is 31.2 Å². The molecule has 0 spiro atoms. The van der Waals surface area contributed by atoms with Crippen LogP contribution in [0.2, 0.25) is 0 Å². The number of carbonyl (C=O) groups is 2. The lowest BCUT2D eigenvalue weighted by atomic mass is 9.92. The van der Waals surface area contributed by atoms with Crippen LogP contribution >= 0.6 is 0 Å². The van der Waals surface area contributed by atoms with Crippen LogP contribution in [0.15, 0.2) is 12.2 Å². The molecule has 2 fully saturated rings. The van der Waals surface area contributed by atoms with Crippen LogP contribution in [0.3, 0.4) is 0 Å². The number of aliphatic carboxylic acids is 1. The molecule has 92 valence electrons. The van der Waals surface area contributed by atoms with Crippen molar-refractivity contribution in [3.05, 3.63) is 12.2 Å². The normalized spacial score (nSPS) is 35.9. The van der Waals surface area contributed by atoms with Gasteiger partial charge in [0, 0.05) is 12.5 Å². The second-order valence-electron chi connectivity index (χ2n) is 5.69. The molecule has 3 aliphatic carbocycles. The maximum absolute atomic E-state index is 12.0. The molecule has 0 aromatic carbocycles. The van der Waals surface area contributed by atoms with Gasteiger partial charge in [0.05, 0.1) is 5.41 Å². The van der Waals surface area contributed by atoms with Crippen molar-refractivity contribution < 1.29 is 14.7 Å². The fourth-order valence-electron chi connectivity index (χ4n) is 3.09. The smallest absolute Gasteiger partial charge is 0.311 e. The summed E-state index contributed by atoms with van der Waals surface area (Å²) >= 11 is 0. The number of fused-ring (bicyclic) bond motifs is 2. The third kappa shape index (κ3) is 1.75. The summed E-state index contributed by atoms with van der Waals surface area (Å²) in [6.07, 6.45) is 7.77. The Balaban J connectivity index is 1.55. The molecular formula is C13H17NO3. The molecule has 17 heavy (non-hydrogen) atoms. The third-order valence-electron chi connectivity index (χ3n) is 4.52. The van der Waals surface area contributed by atoms with Gasteiger partial charge in [-0.25, -0.2) is 0 Å². The molecule has 3 aliphatic rings. The quantitative estimate of drug-likeness (QED) is 0.719. The summed E-state index contributed by atoms with van der Waals surface area (Å²) in [5, 5.41) is 11.9. The van der Waals surface area contributed by atoms with Crippen molar-refractivity contribution in [1.82, 2.24) is 5.32 Å². The van der Waals surface area contributed by atoms with Crippen LogP contribution in [0.5, 0.6) is 0 Å². The van der Waals surface area contributed by atoms with Gasteiger partial charge in [-0.05, 0) is 37.5 Å². The van der Waals surface area contributed by atoms with E-state index in [4.69, 9.17) is 5.11 Å². The summed E-state index contributed by atoms with van der Waals surface area (Å²) in [5.74, 6) is 0.319. The molecule has 2 bridgehead atoms. The maximum Gasteiger partial charge on any atom is 0.311 e. The Morgan fingerprint density at radius 3 is 2.53 bits per heavy atom. The molecular weight excluding hydrogens is 218 g/mol. The van der Waals surface area contributed by atoms with E-state index in [1.807, 2.05) is 0 Å². The van der Waals surface area contributed by atoms with Gasteiger partial charge in [-0.15, -0.1) is 0 Å². The minimum absolute atomic E-state index is 0.0503. The van der Waals surface area contributed by atoms with E-state index in [1.54, 1.807) is 0 Å². The lowest BCUT2D eigenvalue weighted by molar-refractivity contribution is -0.143. The van der Waals surface area contributed by atoms with Crippen LogP contribution in [-0.4, -0.2) is 23.5 Å². The van der Waals surface area contributed by atoms with Gasteiger partial charge in [0.15, 0.2) is 0 Å². The predicted octanol–water partition coefficient (Wildman–Crippen LogP) is 1.18. The van der Waals surface area contributed by atoms with Crippen molar-refractivity contribution in [3.63, 3.8) is 0 Å². The van der Waals surface area contributed by atoms with Gasteiger partial charge in [0.1, 0.15) is 0 Å². The van der Waals surface area contributed by atoms with Crippen LogP contribution in [0.1, 0.15) is 25.7 Å². The minimum Gasteiger partial charge on any atom is -0.481 e. The van der Waals surface area contributed by atoms with Crippen molar-refractivity contribution in [3.8, 4) is 0 Å². The van der Waals surface area contributed by atoms with Crippen LogP contribution in [-0.2, 0) is 9.59 Å². The standard InChI is InChI=1S/C13H17NO3/c15-11(10-6-8-1-2-9(10)5-8)14-7-13(3-4-13)12(16)17/h1-2,8-10H,3-7H2,(H,14,15)(H,16,17). The Morgan fingerprint density at radius 2 is 2.06 bits per heavy atom. The zero-order valence-corrected chi connectivity index (χ0v) is 9.69. The summed E-state index contributed by atoms with van der Waals surface area (Å²) < 4.78 is 0. The van der Waals surface area contributed by atoms with Crippen LogP contribution in [0.4, 0.5) is 0 Å². The average Bonchev–Trinajstić information content (AvgIpc) is 2.81. The first-order valence-corrected chi connectivity index (χ1v) is 6.30. The van der Waals surface area contributed by atoms with Gasteiger partial charge in [-0.3, -0.25) is 9.59 Å². The first-order valence-electron chi connectivity index (χ1n) is 6.30. The van der Waals surface area contributed by atoms with E-state index in [-0.39, 0.29) is 11.8 Å². The molecule has 4 heteroatoms. The molecule has 3 unspecified atom stereocenters. The SMILES string of the molecule is O=C(NCC1(C(=O)O)CC1)C1CC2C=CC1C2. The zero-order chi connectivity index (χ0) is 12.0. The monoisotopic (exact) mass is 235 g/mol. The summed E-state index contributed by atoms with van der Waals surface area (Å²) in [6.45, 7) is 0.304. The first kappa shape index (κ1) is 10.8. The molecule has 3 rings (SSSR count). The van der Waals surface area contributed by atoms with Crippen LogP contribution in [0.25, 0.3) is 0 Å². The molecule has 0 radical (unpaired) electrons. The fraction of sp³-hybridized carbons (Fsp3) is 0.692. The van der Waals surface area contributed by atoms with Crippen molar-refractivity contribution in [2.24, 2.45) is 23.2 Å². The van der Waals surface area contributed by atoms with E-state index < -0.39 is 11.4 Å². The zero-order valence-electron chi connectivity index (χ0n) is 9.69. The highest BCUT2D eigenvalue weighted by Crippen LogP contribution is 2.46. The lowest BCUT2D eigenvalue weighted by Gasteiger charge is -2.19. The molecule has 3 atom stereocenters. The number of carbonyl (C=O) groups excluding carboxylic acids is 1. The highest BCUT2D eigenvalue weighted by atomic mass is 16.4. The van der Waals surface area contributed by atoms with E-state index in [2.05, 4.69) is 17.5 Å². The highest BCUT2D eigenvalue weighted by molar-refractivity contribution is 5.82. The van der Waals surface area contributed by atoms with Crippen molar-refractivity contribution in [2.45, 2.75) is 25.7 Å². The number of allylic oxidation sites excluding steroid dienone is 2. The molecule has 2 saturated carbocycles. The highest BCUT2D eigenvalue weighted by Gasteiger charge is 2.51. The van der Waals surface area contributed by atoms with E-state index in [9.17, 15) is 9.59 Å². The molecule has 0 heterocycles. The van der Waals surface area contributed by atoms with Crippen LogP contribution < -0.4 is 5.32 Å². The Morgan fingerprint density at radius 1 is 1.29 bits per heavy atom. The molecule has 1 amide bonds. The number of hydrogen-bond acceptors (Lipinski definition) is 2. The number of rotatable bonds is 4. The van der Waals surface area contributed by atoms with Crippen LogP contribution in [0, 0.1) is 23.2 Å². The largest absolute Gasteiger partial charge is 0.481 e. The fourth-order valence-corrected chi connectivity index (χ4v) is 3.09. The molecule has 4 nitrogen and oxygen atoms in total. The number of carboxylic acids is 1. The predicted molar refractivity (Wildman–Crippen MR) is 61.2 cm³/mol. The summed E-state index contributed by atoms with van der Waals surface area (Å²) in [7, 11) is 0. The van der Waals surface area contributed by atoms with Gasteiger partial charge >= 0.3 is 5.97 Å². The van der Waals surface area contributed by atoms with Crippen molar-refractivity contribution >= 4 is 11.9 Å². The Kier molecular flexibility index (Phi) is 2.28. The molecule has 0 aromatic rings. The topological polar surface area (TPSA) is 66.4 Å². The number of carboxylic acid groups (broad SMARTS) is 1. The van der Waals surface area contributed by atoms with Gasteiger partial charge in [0.25, 0.3) is 0 Å². The number of amides is 1. The lowest BCUT2D eigenvalue weighted by Crippen LogP contribution is -2.38. The van der Waals surface area contributed by atoms with E-state index >= 15 is 0 Å². The second kappa shape index (κ2) is 3.59. The minimum atomic E-state index is -0.773. The number of hydrogen-bond donors (Lipinski definition) is 2. The van der Waals surface area contributed by atoms with Gasteiger partial charge in [-0.1, -0.05) is 12.2 Å². The Bertz CT molecular complexity index is 397. The summed E-state index contributed by atoms with van der Waals surface area (Å²) in [5.41, 5.74) is -0.650. The van der Waals surface area contributed by atoms with E-state index in [0.717, 1.165) is 12.8 Å². The average molecular weight is 235 g/mol. The Labute approximate surface area is 100 Å². The van der Waals surface area contributed by atoms with Gasteiger partial charge < -0.3 is 10.4 Å². The summed E-state index contributed by atoms with van der Waals surface area (Å²) in [4.78, 5) is 23.0. The Hall–Kier alpha value is -1.32. The van der Waals surface area contributed by atoms with Crippen molar-refractivity contribution in [1.29, 1.82) is 0 Å². The molecule has 0 saturated heterocycles. The van der Waals surface area contributed by atoms with Gasteiger partial charge in [-0.2, -0.15) is 0 Å². The van der Waals surface area contributed by atoms with E-state index in [1.165, 1.54) is 0 Å². The molecule has 2 N–H and O–H groups in total.